The van der Waals surface area contributed by atoms with Gasteiger partial charge in [-0.3, -0.25) is 0 Å². The number of methoxy groups -OCH3 is 1. The van der Waals surface area contributed by atoms with Crippen molar-refractivity contribution in [3.63, 3.8) is 0 Å². The molecule has 0 aliphatic carbocycles. The zero-order valence-corrected chi connectivity index (χ0v) is 15.3. The topological polar surface area (TPSA) is 59.6 Å². The largest absolute Gasteiger partial charge is 0.495 e. The van der Waals surface area contributed by atoms with E-state index in [0.717, 1.165) is 11.3 Å². The summed E-state index contributed by atoms with van der Waals surface area (Å²) in [6.45, 7) is 7.06. The first-order chi connectivity index (χ1) is 12.0. The SMILES string of the molecule is COc1ccc(C)cc1NC(=O)NCCOc1cccc(C(C)C)c1. The van der Waals surface area contributed by atoms with E-state index >= 15 is 0 Å². The number of aryl methyl sites for hydroxylation is 1. The van der Waals surface area contributed by atoms with E-state index in [4.69, 9.17) is 9.47 Å². The molecule has 2 aromatic rings. The van der Waals surface area contributed by atoms with Crippen LogP contribution < -0.4 is 20.1 Å². The third kappa shape index (κ3) is 5.71. The zero-order chi connectivity index (χ0) is 18.2. The van der Waals surface area contributed by atoms with Gasteiger partial charge in [-0.15, -0.1) is 0 Å². The van der Waals surface area contributed by atoms with Gasteiger partial charge in [0.1, 0.15) is 18.1 Å². The number of hydrogen-bond donors (Lipinski definition) is 2. The average Bonchev–Trinajstić information content (AvgIpc) is 2.59. The molecule has 0 atom stereocenters. The monoisotopic (exact) mass is 342 g/mol. The van der Waals surface area contributed by atoms with Crippen molar-refractivity contribution >= 4 is 11.7 Å². The number of carbonyl (C=O) groups is 1. The first-order valence-electron chi connectivity index (χ1n) is 8.42. The molecule has 0 fully saturated rings. The molecule has 2 N–H and O–H groups in total. The zero-order valence-electron chi connectivity index (χ0n) is 15.3. The standard InChI is InChI=1S/C20H26N2O3/c1-14(2)16-6-5-7-17(13-16)25-11-10-21-20(23)22-18-12-15(3)8-9-19(18)24-4/h5-9,12-14H,10-11H2,1-4H3,(H2,21,22,23). The van der Waals surface area contributed by atoms with Crippen LogP contribution in [0, 0.1) is 6.92 Å². The second-order valence-electron chi connectivity index (χ2n) is 6.16. The Balaban J connectivity index is 1.79. The van der Waals surface area contributed by atoms with Gasteiger partial charge in [0.2, 0.25) is 0 Å². The Morgan fingerprint density at radius 1 is 1.16 bits per heavy atom. The van der Waals surface area contributed by atoms with E-state index < -0.39 is 0 Å². The highest BCUT2D eigenvalue weighted by Crippen LogP contribution is 2.25. The lowest BCUT2D eigenvalue weighted by atomic mass is 10.0. The van der Waals surface area contributed by atoms with Gasteiger partial charge in [-0.05, 0) is 48.2 Å². The van der Waals surface area contributed by atoms with Crippen molar-refractivity contribution in [1.29, 1.82) is 0 Å². The van der Waals surface area contributed by atoms with Crippen LogP contribution in [0.15, 0.2) is 42.5 Å². The van der Waals surface area contributed by atoms with Gasteiger partial charge < -0.3 is 20.1 Å². The van der Waals surface area contributed by atoms with E-state index in [2.05, 4.69) is 30.5 Å². The Morgan fingerprint density at radius 2 is 1.96 bits per heavy atom. The van der Waals surface area contributed by atoms with Crippen molar-refractivity contribution in [3.8, 4) is 11.5 Å². The Hall–Kier alpha value is -2.69. The van der Waals surface area contributed by atoms with E-state index in [-0.39, 0.29) is 6.03 Å². The predicted octanol–water partition coefficient (Wildman–Crippen LogP) is 4.33. The van der Waals surface area contributed by atoms with E-state index in [1.54, 1.807) is 7.11 Å². The lowest BCUT2D eigenvalue weighted by Crippen LogP contribution is -2.32. The predicted molar refractivity (Wildman–Crippen MR) is 101 cm³/mol. The molecule has 0 spiro atoms. The molecule has 0 heterocycles. The molecule has 0 saturated carbocycles. The lowest BCUT2D eigenvalue weighted by Gasteiger charge is -2.13. The van der Waals surface area contributed by atoms with E-state index in [1.165, 1.54) is 5.56 Å². The highest BCUT2D eigenvalue weighted by Gasteiger charge is 2.07. The normalized spacial score (nSPS) is 10.4. The van der Waals surface area contributed by atoms with Crippen LogP contribution in [0.1, 0.15) is 30.9 Å². The molecule has 0 aliphatic heterocycles. The van der Waals surface area contributed by atoms with Crippen molar-refractivity contribution in [2.45, 2.75) is 26.7 Å². The molecule has 0 aromatic heterocycles. The van der Waals surface area contributed by atoms with Crippen molar-refractivity contribution in [1.82, 2.24) is 5.32 Å². The molecule has 0 aliphatic rings. The molecule has 0 saturated heterocycles. The summed E-state index contributed by atoms with van der Waals surface area (Å²) in [6, 6.07) is 13.4. The maximum Gasteiger partial charge on any atom is 0.319 e. The summed E-state index contributed by atoms with van der Waals surface area (Å²) < 4.78 is 10.9. The molecule has 0 unspecified atom stereocenters. The maximum atomic E-state index is 12.0. The average molecular weight is 342 g/mol. The summed E-state index contributed by atoms with van der Waals surface area (Å²) in [7, 11) is 1.58. The Kier molecular flexibility index (Phi) is 6.69. The first kappa shape index (κ1) is 18.6. The number of benzene rings is 2. The number of anilines is 1. The number of carbonyl (C=O) groups excluding carboxylic acids is 1. The van der Waals surface area contributed by atoms with Gasteiger partial charge in [-0.25, -0.2) is 4.79 Å². The van der Waals surface area contributed by atoms with Crippen LogP contribution in [0.5, 0.6) is 11.5 Å². The van der Waals surface area contributed by atoms with Gasteiger partial charge in [0.05, 0.1) is 19.3 Å². The Morgan fingerprint density at radius 3 is 2.68 bits per heavy atom. The fraction of sp³-hybridized carbons (Fsp3) is 0.350. The second kappa shape index (κ2) is 8.97. The lowest BCUT2D eigenvalue weighted by molar-refractivity contribution is 0.247. The molecular weight excluding hydrogens is 316 g/mol. The summed E-state index contributed by atoms with van der Waals surface area (Å²) in [5.74, 6) is 1.90. The van der Waals surface area contributed by atoms with Crippen molar-refractivity contribution in [3.05, 3.63) is 53.6 Å². The van der Waals surface area contributed by atoms with Gasteiger partial charge in [-0.1, -0.05) is 32.0 Å². The third-order valence-corrected chi connectivity index (χ3v) is 3.78. The molecular formula is C20H26N2O3. The van der Waals surface area contributed by atoms with Gasteiger partial charge in [0.15, 0.2) is 0 Å². The molecule has 0 radical (unpaired) electrons. The number of ether oxygens (including phenoxy) is 2. The van der Waals surface area contributed by atoms with Crippen LogP contribution in [0.3, 0.4) is 0 Å². The summed E-state index contributed by atoms with van der Waals surface area (Å²) in [4.78, 5) is 12.0. The van der Waals surface area contributed by atoms with Crippen LogP contribution in [0.4, 0.5) is 10.5 Å². The molecule has 2 rings (SSSR count). The smallest absolute Gasteiger partial charge is 0.319 e. The fourth-order valence-electron chi connectivity index (χ4n) is 2.38. The highest BCUT2D eigenvalue weighted by atomic mass is 16.5. The fourth-order valence-corrected chi connectivity index (χ4v) is 2.38. The van der Waals surface area contributed by atoms with Crippen molar-refractivity contribution in [2.75, 3.05) is 25.6 Å². The van der Waals surface area contributed by atoms with Crippen molar-refractivity contribution < 1.29 is 14.3 Å². The summed E-state index contributed by atoms with van der Waals surface area (Å²) in [5.41, 5.74) is 2.92. The highest BCUT2D eigenvalue weighted by molar-refractivity contribution is 5.91. The van der Waals surface area contributed by atoms with Crippen LogP contribution in [-0.2, 0) is 0 Å². The quantitative estimate of drug-likeness (QED) is 0.736. The second-order valence-corrected chi connectivity index (χ2v) is 6.16. The van der Waals surface area contributed by atoms with Crippen LogP contribution in [-0.4, -0.2) is 26.3 Å². The molecule has 5 heteroatoms. The van der Waals surface area contributed by atoms with Crippen LogP contribution >= 0.6 is 0 Å². The number of nitrogens with one attached hydrogen (secondary N) is 2. The van der Waals surface area contributed by atoms with Crippen molar-refractivity contribution in [2.24, 2.45) is 0 Å². The van der Waals surface area contributed by atoms with E-state index in [1.807, 2.05) is 43.3 Å². The number of hydrogen-bond acceptors (Lipinski definition) is 3. The minimum atomic E-state index is -0.288. The maximum absolute atomic E-state index is 12.0. The van der Waals surface area contributed by atoms with Crippen LogP contribution in [0.2, 0.25) is 0 Å². The summed E-state index contributed by atoms with van der Waals surface area (Å²) in [6.07, 6.45) is 0. The molecule has 2 aromatic carbocycles. The first-order valence-corrected chi connectivity index (χ1v) is 8.42. The number of amides is 2. The minimum Gasteiger partial charge on any atom is -0.495 e. The molecule has 0 bridgehead atoms. The minimum absolute atomic E-state index is 0.288. The van der Waals surface area contributed by atoms with Crippen LogP contribution in [0.25, 0.3) is 0 Å². The molecule has 5 nitrogen and oxygen atoms in total. The number of rotatable bonds is 7. The Labute approximate surface area is 149 Å². The van der Waals surface area contributed by atoms with Gasteiger partial charge in [0, 0.05) is 0 Å². The molecule has 134 valence electrons. The van der Waals surface area contributed by atoms with E-state index in [0.29, 0.717) is 30.5 Å². The molecule has 25 heavy (non-hydrogen) atoms. The number of urea groups is 1. The summed E-state index contributed by atoms with van der Waals surface area (Å²) in [5, 5.41) is 5.57. The van der Waals surface area contributed by atoms with Gasteiger partial charge >= 0.3 is 6.03 Å². The third-order valence-electron chi connectivity index (χ3n) is 3.78. The molecule has 2 amide bonds. The van der Waals surface area contributed by atoms with Gasteiger partial charge in [-0.2, -0.15) is 0 Å². The Bertz CT molecular complexity index is 714. The van der Waals surface area contributed by atoms with E-state index in [9.17, 15) is 4.79 Å². The van der Waals surface area contributed by atoms with Gasteiger partial charge in [0.25, 0.3) is 0 Å². The summed E-state index contributed by atoms with van der Waals surface area (Å²) >= 11 is 0.